The van der Waals surface area contributed by atoms with Gasteiger partial charge < -0.3 is 9.36 Å². The summed E-state index contributed by atoms with van der Waals surface area (Å²) in [5.74, 6) is 0.989. The van der Waals surface area contributed by atoms with Gasteiger partial charge >= 0.3 is 0 Å². The predicted molar refractivity (Wildman–Crippen MR) is 140 cm³/mol. The second kappa shape index (κ2) is 11.7. The van der Waals surface area contributed by atoms with Gasteiger partial charge in [0.25, 0.3) is 0 Å². The highest BCUT2D eigenvalue weighted by Crippen LogP contribution is 2.27. The van der Waals surface area contributed by atoms with E-state index in [-0.39, 0.29) is 5.82 Å². The maximum Gasteiger partial charge on any atom is 0.128 e. The van der Waals surface area contributed by atoms with E-state index < -0.39 is 0 Å². The Labute approximate surface area is 211 Å². The van der Waals surface area contributed by atoms with Crippen LogP contribution in [-0.4, -0.2) is 40.5 Å². The zero-order chi connectivity index (χ0) is 25.5. The summed E-state index contributed by atoms with van der Waals surface area (Å²) in [6, 6.07) is 12.5. The highest BCUT2D eigenvalue weighted by atomic mass is 19.1. The van der Waals surface area contributed by atoms with Crippen LogP contribution in [0.1, 0.15) is 35.4 Å². The molecule has 1 aliphatic heterocycles. The van der Waals surface area contributed by atoms with Gasteiger partial charge in [-0.1, -0.05) is 24.3 Å². The minimum absolute atomic E-state index is 0.324. The van der Waals surface area contributed by atoms with Crippen LogP contribution in [0.15, 0.2) is 65.3 Å². The quantitative estimate of drug-likeness (QED) is 0.246. The van der Waals surface area contributed by atoms with Gasteiger partial charge in [-0.15, -0.1) is 0 Å². The van der Waals surface area contributed by atoms with Crippen molar-refractivity contribution in [1.82, 2.24) is 14.5 Å². The van der Waals surface area contributed by atoms with Crippen LogP contribution in [0.4, 0.5) is 4.39 Å². The first kappa shape index (κ1) is 25.2. The molecule has 0 N–H and O–H groups in total. The first-order valence-electron chi connectivity index (χ1n) is 12.1. The number of nitriles is 1. The summed E-state index contributed by atoms with van der Waals surface area (Å²) in [6.45, 7) is 6.42. The molecular weight excluding hydrogens is 453 g/mol. The smallest absolute Gasteiger partial charge is 0.128 e. The molecule has 1 aliphatic rings. The number of likely N-dealkylation sites (tertiary alicyclic amines) is 1. The number of aliphatic imine (C=N–C) groups is 1. The molecule has 7 heteroatoms. The minimum Gasteiger partial charge on any atom is -0.330 e. The molecule has 184 valence electrons. The summed E-state index contributed by atoms with van der Waals surface area (Å²) in [7, 11) is 2.04. The van der Waals surface area contributed by atoms with Crippen molar-refractivity contribution in [3.05, 3.63) is 88.7 Å². The number of aryl methyl sites for hydroxylation is 1. The molecule has 3 aromatic rings. The van der Waals surface area contributed by atoms with Crippen molar-refractivity contribution in [3.8, 4) is 6.07 Å². The van der Waals surface area contributed by atoms with Gasteiger partial charge in [-0.25, -0.2) is 9.37 Å². The number of fused-ring (bicyclic) bond motifs is 1. The lowest BCUT2D eigenvalue weighted by atomic mass is 9.93. The lowest BCUT2D eigenvalue weighted by Gasteiger charge is -2.31. The molecule has 1 aromatic heterocycles. The Morgan fingerprint density at radius 1 is 1.25 bits per heavy atom. The molecule has 0 bridgehead atoms. The summed E-state index contributed by atoms with van der Waals surface area (Å²) in [5, 5.41) is 8.87. The highest BCUT2D eigenvalue weighted by molar-refractivity contribution is 5.77. The molecule has 2 aromatic carbocycles. The van der Waals surface area contributed by atoms with Crippen LogP contribution in [0, 0.1) is 23.1 Å². The van der Waals surface area contributed by atoms with Gasteiger partial charge in [-0.3, -0.25) is 9.89 Å². The second-order valence-electron chi connectivity index (χ2n) is 9.13. The zero-order valence-corrected chi connectivity index (χ0v) is 20.5. The number of benzene rings is 2. The fourth-order valence-corrected chi connectivity index (χ4v) is 4.71. The van der Waals surface area contributed by atoms with Crippen LogP contribution in [0.5, 0.6) is 0 Å². The lowest BCUT2D eigenvalue weighted by molar-refractivity contribution is -0.107. The van der Waals surface area contributed by atoms with E-state index in [0.717, 1.165) is 66.9 Å². The van der Waals surface area contributed by atoms with Crippen molar-refractivity contribution in [2.45, 2.75) is 32.2 Å². The summed E-state index contributed by atoms with van der Waals surface area (Å²) < 4.78 is 16.2. The minimum atomic E-state index is -0.362. The number of aldehydes is 1. The predicted octanol–water partition coefficient (Wildman–Crippen LogP) is 4.92. The number of piperidine rings is 1. The number of carbonyl (C=O) groups excluding carboxylic acids is 1. The van der Waals surface area contributed by atoms with Crippen LogP contribution in [-0.2, 0) is 31.2 Å². The van der Waals surface area contributed by atoms with Crippen molar-refractivity contribution in [2.75, 3.05) is 13.1 Å². The topological polar surface area (TPSA) is 74.3 Å². The third-order valence-corrected chi connectivity index (χ3v) is 6.83. The molecule has 0 radical (unpaired) electrons. The number of hydrogen-bond donors (Lipinski definition) is 0. The molecular formula is C29H30FN5O. The van der Waals surface area contributed by atoms with Gasteiger partial charge in [-0.2, -0.15) is 5.26 Å². The van der Waals surface area contributed by atoms with E-state index in [1.165, 1.54) is 6.07 Å². The highest BCUT2D eigenvalue weighted by Gasteiger charge is 2.23. The first-order chi connectivity index (χ1) is 17.5. The van der Waals surface area contributed by atoms with Gasteiger partial charge in [0.05, 0.1) is 29.2 Å². The molecule has 0 amide bonds. The monoisotopic (exact) mass is 483 g/mol. The summed E-state index contributed by atoms with van der Waals surface area (Å²) in [6.07, 6.45) is 9.52. The Morgan fingerprint density at radius 3 is 2.75 bits per heavy atom. The molecule has 36 heavy (non-hydrogen) atoms. The maximum atomic E-state index is 14.1. The molecule has 1 fully saturated rings. The van der Waals surface area contributed by atoms with Crippen molar-refractivity contribution in [3.63, 3.8) is 0 Å². The van der Waals surface area contributed by atoms with E-state index in [0.29, 0.717) is 29.9 Å². The summed E-state index contributed by atoms with van der Waals surface area (Å²) in [4.78, 5) is 22.3. The third kappa shape index (κ3) is 5.84. The second-order valence-corrected chi connectivity index (χ2v) is 9.13. The Kier molecular flexibility index (Phi) is 8.19. The molecule has 0 saturated carbocycles. The fraction of sp³-hybridized carbons (Fsp3) is 0.310. The number of rotatable bonds is 9. The van der Waals surface area contributed by atoms with E-state index in [2.05, 4.69) is 21.2 Å². The first-order valence-corrected chi connectivity index (χ1v) is 12.1. The molecule has 0 atom stereocenters. The van der Waals surface area contributed by atoms with Crippen molar-refractivity contribution < 1.29 is 9.18 Å². The Bertz CT molecular complexity index is 1360. The Morgan fingerprint density at radius 2 is 2.06 bits per heavy atom. The molecule has 1 saturated heterocycles. The zero-order valence-electron chi connectivity index (χ0n) is 20.5. The lowest BCUT2D eigenvalue weighted by Crippen LogP contribution is -2.34. The third-order valence-electron chi connectivity index (χ3n) is 6.83. The van der Waals surface area contributed by atoms with E-state index >= 15 is 0 Å². The van der Waals surface area contributed by atoms with Gasteiger partial charge in [-0.05, 0) is 80.5 Å². The maximum absolute atomic E-state index is 14.1. The fourth-order valence-electron chi connectivity index (χ4n) is 4.71. The van der Waals surface area contributed by atoms with Gasteiger partial charge in [0.1, 0.15) is 17.9 Å². The number of allylic oxidation sites excluding steroid dienone is 4. The Balaban J connectivity index is 1.33. The number of carbonyl (C=O) groups is 1. The standard InChI is InChI=1S/C29H30FN5O/c1-32-26(6-4-3-5-23-9-7-22(19-31)17-25(23)30)24-11-14-35(15-12-24)20-29-33-27-18-21(13-16-36)8-10-28(27)34(29)2/h3-4,6-10,16-18,24H,1,5,11-15,20H2,2H3/b4-3-,26-6-. The molecule has 2 heterocycles. The number of nitrogens with zero attached hydrogens (tertiary/aromatic N) is 5. The Hall–Kier alpha value is -3.89. The normalized spacial score (nSPS) is 15.4. The van der Waals surface area contributed by atoms with E-state index in [4.69, 9.17) is 10.2 Å². The van der Waals surface area contributed by atoms with E-state index in [1.807, 2.05) is 49.5 Å². The van der Waals surface area contributed by atoms with E-state index in [9.17, 15) is 9.18 Å². The summed E-state index contributed by atoms with van der Waals surface area (Å²) in [5.41, 5.74) is 4.82. The average Bonchev–Trinajstić information content (AvgIpc) is 3.20. The largest absolute Gasteiger partial charge is 0.330 e. The van der Waals surface area contributed by atoms with Crippen LogP contribution in [0.25, 0.3) is 11.0 Å². The van der Waals surface area contributed by atoms with Gasteiger partial charge in [0.2, 0.25) is 0 Å². The SMILES string of the molecule is C=N/C(=C\C=C/Cc1ccc(C#N)cc1F)C1CCN(Cc2nc3cc(CC=O)ccc3n2C)CC1. The molecule has 0 spiro atoms. The van der Waals surface area contributed by atoms with E-state index in [1.54, 1.807) is 12.1 Å². The van der Waals surface area contributed by atoms with Crippen LogP contribution in [0.3, 0.4) is 0 Å². The number of aromatic nitrogens is 2. The van der Waals surface area contributed by atoms with Crippen LogP contribution < -0.4 is 0 Å². The van der Waals surface area contributed by atoms with Gasteiger partial charge in [0.15, 0.2) is 0 Å². The number of imidazole rings is 1. The molecule has 4 rings (SSSR count). The summed E-state index contributed by atoms with van der Waals surface area (Å²) >= 11 is 0. The number of halogens is 1. The van der Waals surface area contributed by atoms with Crippen LogP contribution >= 0.6 is 0 Å². The van der Waals surface area contributed by atoms with Crippen molar-refractivity contribution in [1.29, 1.82) is 5.26 Å². The van der Waals surface area contributed by atoms with Crippen molar-refractivity contribution in [2.24, 2.45) is 18.0 Å². The molecule has 6 nitrogen and oxygen atoms in total. The van der Waals surface area contributed by atoms with Gasteiger partial charge in [0, 0.05) is 25.1 Å². The molecule has 0 unspecified atom stereocenters. The average molecular weight is 484 g/mol. The van der Waals surface area contributed by atoms with Crippen LogP contribution in [0.2, 0.25) is 0 Å². The molecule has 0 aliphatic carbocycles. The number of hydrogen-bond acceptors (Lipinski definition) is 5. The van der Waals surface area contributed by atoms with Crippen molar-refractivity contribution >= 4 is 24.0 Å².